The Kier molecular flexibility index (Phi) is 2.59. The summed E-state index contributed by atoms with van der Waals surface area (Å²) in [5, 5.41) is 0. The van der Waals surface area contributed by atoms with E-state index in [1.807, 2.05) is 38.1 Å². The van der Waals surface area contributed by atoms with Crippen LogP contribution in [0, 0.1) is 0 Å². The molecule has 19 heavy (non-hydrogen) atoms. The monoisotopic (exact) mass is 264 g/mol. The van der Waals surface area contributed by atoms with Gasteiger partial charge in [-0.3, -0.25) is 0 Å². The fraction of sp³-hybridized carbons (Fsp3) is 0.357. The molecule has 0 spiro atoms. The summed E-state index contributed by atoms with van der Waals surface area (Å²) in [7, 11) is 0. The number of nitrogens with zero attached hydrogens (tertiary/aromatic N) is 2. The predicted molar refractivity (Wildman–Crippen MR) is 66.5 cm³/mol. The maximum atomic E-state index is 13.0. The van der Waals surface area contributed by atoms with Crippen molar-refractivity contribution in [1.82, 2.24) is 9.55 Å². The highest BCUT2D eigenvalue weighted by Gasteiger charge is 2.43. The van der Waals surface area contributed by atoms with Crippen LogP contribution < -0.4 is 4.74 Å². The number of hydrogen-bond acceptors (Lipinski definition) is 2. The van der Waals surface area contributed by atoms with Gasteiger partial charge in [0.2, 0.25) is 0 Å². The summed E-state index contributed by atoms with van der Waals surface area (Å²) in [5.74, 6) is 0.742. The lowest BCUT2D eigenvalue weighted by Crippen LogP contribution is -2.35. The molecular formula is C14H14F2N2O. The Bertz CT molecular complexity index is 607. The highest BCUT2D eigenvalue weighted by Crippen LogP contribution is 2.46. The SMILES string of the molecule is CC1(C)Oc2ccccc2[C@H]1n1cncc1C(F)F. The molecule has 1 atom stereocenters. The van der Waals surface area contributed by atoms with Gasteiger partial charge in [-0.15, -0.1) is 0 Å². The second-order valence-corrected chi connectivity index (χ2v) is 5.17. The molecule has 3 rings (SSSR count). The third-order valence-corrected chi connectivity index (χ3v) is 3.44. The maximum absolute atomic E-state index is 13.0. The Balaban J connectivity index is 2.15. The molecule has 0 saturated carbocycles. The summed E-state index contributed by atoms with van der Waals surface area (Å²) in [4.78, 5) is 3.85. The van der Waals surface area contributed by atoms with Crippen LogP contribution in [0.5, 0.6) is 5.75 Å². The average Bonchev–Trinajstić information content (AvgIpc) is 2.88. The van der Waals surface area contributed by atoms with Crippen LogP contribution in [0.25, 0.3) is 0 Å². The number of hydrogen-bond donors (Lipinski definition) is 0. The van der Waals surface area contributed by atoms with Crippen LogP contribution in [-0.2, 0) is 0 Å². The van der Waals surface area contributed by atoms with Crippen molar-refractivity contribution in [3.63, 3.8) is 0 Å². The van der Waals surface area contributed by atoms with Crippen LogP contribution in [0.3, 0.4) is 0 Å². The fourth-order valence-corrected chi connectivity index (χ4v) is 2.70. The van der Waals surface area contributed by atoms with Gasteiger partial charge in [-0.2, -0.15) is 0 Å². The van der Waals surface area contributed by atoms with Crippen molar-refractivity contribution in [1.29, 1.82) is 0 Å². The standard InChI is InChI=1S/C14H14F2N2O/c1-14(2)12(9-5-3-4-6-11(9)19-14)18-8-17-7-10(18)13(15)16/h3-8,12-13H,1-2H3/t12-/m1/s1. The molecule has 2 heterocycles. The van der Waals surface area contributed by atoms with Crippen molar-refractivity contribution >= 4 is 0 Å². The van der Waals surface area contributed by atoms with Crippen molar-refractivity contribution in [2.24, 2.45) is 0 Å². The van der Waals surface area contributed by atoms with Gasteiger partial charge in [0.05, 0.1) is 12.5 Å². The Labute approximate surface area is 109 Å². The molecule has 0 N–H and O–H groups in total. The summed E-state index contributed by atoms with van der Waals surface area (Å²) < 4.78 is 33.5. The lowest BCUT2D eigenvalue weighted by Gasteiger charge is -2.28. The lowest BCUT2D eigenvalue weighted by atomic mass is 9.94. The molecule has 0 saturated heterocycles. The second kappa shape index (κ2) is 4.05. The minimum atomic E-state index is -2.55. The summed E-state index contributed by atoms with van der Waals surface area (Å²) in [5.41, 5.74) is 0.236. The molecule has 0 fully saturated rings. The highest BCUT2D eigenvalue weighted by atomic mass is 19.3. The summed E-state index contributed by atoms with van der Waals surface area (Å²) in [6.07, 6.45) is 0.104. The van der Waals surface area contributed by atoms with Crippen LogP contribution in [0.4, 0.5) is 8.78 Å². The second-order valence-electron chi connectivity index (χ2n) is 5.17. The summed E-state index contributed by atoms with van der Waals surface area (Å²) >= 11 is 0. The van der Waals surface area contributed by atoms with E-state index in [2.05, 4.69) is 4.98 Å². The number of alkyl halides is 2. The van der Waals surface area contributed by atoms with Crippen molar-refractivity contribution in [2.75, 3.05) is 0 Å². The third kappa shape index (κ3) is 1.80. The molecular weight excluding hydrogens is 250 g/mol. The van der Waals surface area contributed by atoms with Gasteiger partial charge in [-0.25, -0.2) is 13.8 Å². The van der Waals surface area contributed by atoms with Crippen LogP contribution in [0.1, 0.15) is 37.6 Å². The minimum Gasteiger partial charge on any atom is -0.485 e. The molecule has 3 nitrogen and oxygen atoms in total. The van der Waals surface area contributed by atoms with E-state index >= 15 is 0 Å². The first-order chi connectivity index (χ1) is 9.00. The fourth-order valence-electron chi connectivity index (χ4n) is 2.70. The van der Waals surface area contributed by atoms with Gasteiger partial charge in [-0.1, -0.05) is 18.2 Å². The van der Waals surface area contributed by atoms with E-state index in [0.717, 1.165) is 11.3 Å². The summed E-state index contributed by atoms with van der Waals surface area (Å²) in [6.45, 7) is 3.79. The van der Waals surface area contributed by atoms with Crippen LogP contribution in [-0.4, -0.2) is 15.2 Å². The zero-order valence-corrected chi connectivity index (χ0v) is 10.7. The van der Waals surface area contributed by atoms with Crippen molar-refractivity contribution in [2.45, 2.75) is 31.9 Å². The van der Waals surface area contributed by atoms with E-state index < -0.39 is 12.0 Å². The molecule has 2 aromatic rings. The van der Waals surface area contributed by atoms with E-state index in [-0.39, 0.29) is 11.7 Å². The minimum absolute atomic E-state index is 0.0848. The predicted octanol–water partition coefficient (Wildman–Crippen LogP) is 3.58. The van der Waals surface area contributed by atoms with Gasteiger partial charge < -0.3 is 9.30 Å². The van der Waals surface area contributed by atoms with E-state index in [0.29, 0.717) is 0 Å². The number of para-hydroxylation sites is 1. The number of imidazole rings is 1. The number of ether oxygens (including phenoxy) is 1. The van der Waals surface area contributed by atoms with Gasteiger partial charge in [-0.05, 0) is 19.9 Å². The number of aromatic nitrogens is 2. The van der Waals surface area contributed by atoms with Gasteiger partial charge in [0.1, 0.15) is 23.1 Å². The Hall–Kier alpha value is -1.91. The zero-order valence-electron chi connectivity index (χ0n) is 10.7. The zero-order chi connectivity index (χ0) is 13.6. The molecule has 1 aromatic carbocycles. The van der Waals surface area contributed by atoms with Crippen molar-refractivity contribution < 1.29 is 13.5 Å². The first-order valence-electron chi connectivity index (χ1n) is 6.08. The highest BCUT2D eigenvalue weighted by molar-refractivity contribution is 5.43. The molecule has 0 unspecified atom stereocenters. The molecule has 1 aliphatic heterocycles. The van der Waals surface area contributed by atoms with Crippen LogP contribution in [0.15, 0.2) is 36.8 Å². The van der Waals surface area contributed by atoms with E-state index in [1.54, 1.807) is 0 Å². The maximum Gasteiger partial charge on any atom is 0.280 e. The van der Waals surface area contributed by atoms with Gasteiger partial charge in [0, 0.05) is 5.56 Å². The number of rotatable bonds is 2. The smallest absolute Gasteiger partial charge is 0.280 e. The lowest BCUT2D eigenvalue weighted by molar-refractivity contribution is 0.0875. The molecule has 0 amide bonds. The summed E-state index contributed by atoms with van der Waals surface area (Å²) in [6, 6.07) is 7.23. The number of halogens is 2. The van der Waals surface area contributed by atoms with Gasteiger partial charge in [0.15, 0.2) is 0 Å². The van der Waals surface area contributed by atoms with Crippen LogP contribution in [0.2, 0.25) is 0 Å². The largest absolute Gasteiger partial charge is 0.485 e. The van der Waals surface area contributed by atoms with Gasteiger partial charge in [0.25, 0.3) is 6.43 Å². The molecule has 0 bridgehead atoms. The first-order valence-corrected chi connectivity index (χ1v) is 6.08. The van der Waals surface area contributed by atoms with Crippen LogP contribution >= 0.6 is 0 Å². The Morgan fingerprint density at radius 1 is 1.32 bits per heavy atom. The van der Waals surface area contributed by atoms with Gasteiger partial charge >= 0.3 is 0 Å². The topological polar surface area (TPSA) is 27.1 Å². The molecule has 0 radical (unpaired) electrons. The third-order valence-electron chi connectivity index (χ3n) is 3.44. The van der Waals surface area contributed by atoms with E-state index in [1.165, 1.54) is 17.1 Å². The van der Waals surface area contributed by atoms with Crippen molar-refractivity contribution in [3.05, 3.63) is 48.0 Å². The van der Waals surface area contributed by atoms with E-state index in [4.69, 9.17) is 4.74 Å². The number of benzene rings is 1. The number of fused-ring (bicyclic) bond motifs is 1. The Morgan fingerprint density at radius 3 is 2.79 bits per heavy atom. The molecule has 5 heteroatoms. The van der Waals surface area contributed by atoms with E-state index in [9.17, 15) is 8.78 Å². The van der Waals surface area contributed by atoms with Crippen molar-refractivity contribution in [3.8, 4) is 5.75 Å². The normalized spacial score (nSPS) is 20.4. The molecule has 1 aliphatic rings. The Morgan fingerprint density at radius 2 is 2.05 bits per heavy atom. The molecule has 0 aliphatic carbocycles. The average molecular weight is 264 g/mol. The molecule has 100 valence electrons. The first kappa shape index (κ1) is 12.1. The molecule has 1 aromatic heterocycles. The quantitative estimate of drug-likeness (QED) is 0.829.